The predicted molar refractivity (Wildman–Crippen MR) is 111 cm³/mol. The Kier molecular flexibility index (Phi) is 5.78. The highest BCUT2D eigenvalue weighted by atomic mass is 32.1. The Labute approximate surface area is 170 Å². The van der Waals surface area contributed by atoms with Gasteiger partial charge in [0.25, 0.3) is 5.91 Å². The average Bonchev–Trinajstić information content (AvgIpc) is 3.36. The highest BCUT2D eigenvalue weighted by Gasteiger charge is 2.36. The normalized spacial score (nSPS) is 18.4. The second-order valence-electron chi connectivity index (χ2n) is 7.55. The van der Waals surface area contributed by atoms with Crippen molar-refractivity contribution in [3.05, 3.63) is 57.8 Å². The molecular formula is C22H27N3O2S. The summed E-state index contributed by atoms with van der Waals surface area (Å²) < 4.78 is 0. The fourth-order valence-electron chi connectivity index (χ4n) is 4.21. The van der Waals surface area contributed by atoms with Crippen LogP contribution in [0, 0.1) is 0 Å². The minimum atomic E-state index is -0.193. The number of carbonyl (C=O) groups excluding carboxylic acids is 2. The number of rotatable bonds is 6. The summed E-state index contributed by atoms with van der Waals surface area (Å²) >= 11 is 1.62. The van der Waals surface area contributed by atoms with Crippen LogP contribution in [0.4, 0.5) is 0 Å². The molecule has 1 aromatic heterocycles. The van der Waals surface area contributed by atoms with E-state index in [1.165, 1.54) is 0 Å². The molecule has 0 bridgehead atoms. The molecule has 3 heterocycles. The number of piperazine rings is 1. The SMILES string of the molecule is CCCN1CCN(C(=O)C[C@H](c2cccs2)N2Cc3ccccc3C2=O)CC1. The zero-order chi connectivity index (χ0) is 19.5. The second-order valence-corrected chi connectivity index (χ2v) is 8.53. The van der Waals surface area contributed by atoms with E-state index in [9.17, 15) is 9.59 Å². The van der Waals surface area contributed by atoms with Gasteiger partial charge in [-0.15, -0.1) is 11.3 Å². The first kappa shape index (κ1) is 19.2. The summed E-state index contributed by atoms with van der Waals surface area (Å²) in [5.74, 6) is 0.188. The lowest BCUT2D eigenvalue weighted by atomic mass is 10.1. The van der Waals surface area contributed by atoms with Gasteiger partial charge in [0.15, 0.2) is 0 Å². The van der Waals surface area contributed by atoms with Crippen molar-refractivity contribution in [3.8, 4) is 0 Å². The number of hydrogen-bond donors (Lipinski definition) is 0. The molecule has 6 heteroatoms. The Morgan fingerprint density at radius 2 is 1.89 bits per heavy atom. The Hall–Kier alpha value is -2.18. The zero-order valence-corrected chi connectivity index (χ0v) is 17.2. The van der Waals surface area contributed by atoms with Gasteiger partial charge in [-0.2, -0.15) is 0 Å². The minimum Gasteiger partial charge on any atom is -0.340 e. The van der Waals surface area contributed by atoms with Crippen LogP contribution in [0.25, 0.3) is 0 Å². The van der Waals surface area contributed by atoms with Gasteiger partial charge in [0.05, 0.1) is 12.5 Å². The van der Waals surface area contributed by atoms with E-state index in [0.717, 1.165) is 55.1 Å². The number of fused-ring (bicyclic) bond motifs is 1. The molecule has 1 fully saturated rings. The number of nitrogens with zero attached hydrogens (tertiary/aromatic N) is 3. The van der Waals surface area contributed by atoms with Crippen molar-refractivity contribution in [2.75, 3.05) is 32.7 Å². The van der Waals surface area contributed by atoms with E-state index in [2.05, 4.69) is 11.8 Å². The topological polar surface area (TPSA) is 43.9 Å². The number of benzene rings is 1. The minimum absolute atomic E-state index is 0.0366. The van der Waals surface area contributed by atoms with Crippen molar-refractivity contribution in [2.45, 2.75) is 32.4 Å². The van der Waals surface area contributed by atoms with Gasteiger partial charge >= 0.3 is 0 Å². The Morgan fingerprint density at radius 3 is 2.57 bits per heavy atom. The molecule has 1 aromatic carbocycles. The van der Waals surface area contributed by atoms with Crippen LogP contribution in [0.2, 0.25) is 0 Å². The molecule has 0 saturated carbocycles. The van der Waals surface area contributed by atoms with Crippen molar-refractivity contribution in [2.24, 2.45) is 0 Å². The van der Waals surface area contributed by atoms with E-state index in [0.29, 0.717) is 13.0 Å². The first-order chi connectivity index (χ1) is 13.7. The lowest BCUT2D eigenvalue weighted by Gasteiger charge is -2.36. The molecule has 0 N–H and O–H groups in total. The van der Waals surface area contributed by atoms with Crippen molar-refractivity contribution < 1.29 is 9.59 Å². The molecule has 5 nitrogen and oxygen atoms in total. The number of amides is 2. The lowest BCUT2D eigenvalue weighted by Crippen LogP contribution is -2.49. The Bertz CT molecular complexity index is 828. The molecular weight excluding hydrogens is 370 g/mol. The first-order valence-electron chi connectivity index (χ1n) is 10.1. The highest BCUT2D eigenvalue weighted by Crippen LogP contribution is 2.35. The third-order valence-electron chi connectivity index (χ3n) is 5.73. The average molecular weight is 398 g/mol. The summed E-state index contributed by atoms with van der Waals surface area (Å²) in [5.41, 5.74) is 1.82. The second kappa shape index (κ2) is 8.45. The monoisotopic (exact) mass is 397 g/mol. The lowest BCUT2D eigenvalue weighted by molar-refractivity contribution is -0.134. The largest absolute Gasteiger partial charge is 0.340 e. The first-order valence-corrected chi connectivity index (χ1v) is 11.0. The molecule has 0 spiro atoms. The molecule has 1 saturated heterocycles. The summed E-state index contributed by atoms with van der Waals surface area (Å²) in [6.07, 6.45) is 1.50. The maximum atomic E-state index is 13.1. The predicted octanol–water partition coefficient (Wildman–Crippen LogP) is 3.39. The zero-order valence-electron chi connectivity index (χ0n) is 16.3. The van der Waals surface area contributed by atoms with Gasteiger partial charge in [-0.3, -0.25) is 14.5 Å². The molecule has 2 aliphatic heterocycles. The molecule has 2 amide bonds. The molecule has 1 atom stereocenters. The van der Waals surface area contributed by atoms with Crippen molar-refractivity contribution >= 4 is 23.2 Å². The van der Waals surface area contributed by atoms with E-state index in [1.54, 1.807) is 11.3 Å². The summed E-state index contributed by atoms with van der Waals surface area (Å²) in [6.45, 7) is 7.31. The van der Waals surface area contributed by atoms with Gasteiger partial charge in [-0.1, -0.05) is 31.2 Å². The summed E-state index contributed by atoms with van der Waals surface area (Å²) in [5, 5.41) is 2.02. The summed E-state index contributed by atoms with van der Waals surface area (Å²) in [4.78, 5) is 33.4. The maximum absolute atomic E-state index is 13.1. The van der Waals surface area contributed by atoms with Crippen molar-refractivity contribution in [1.29, 1.82) is 0 Å². The van der Waals surface area contributed by atoms with Crippen LogP contribution in [0.1, 0.15) is 46.6 Å². The maximum Gasteiger partial charge on any atom is 0.255 e. The Balaban J connectivity index is 1.48. The highest BCUT2D eigenvalue weighted by molar-refractivity contribution is 7.10. The van der Waals surface area contributed by atoms with Crippen molar-refractivity contribution in [1.82, 2.24) is 14.7 Å². The van der Waals surface area contributed by atoms with Crippen molar-refractivity contribution in [3.63, 3.8) is 0 Å². The molecule has 0 radical (unpaired) electrons. The molecule has 0 aliphatic carbocycles. The molecule has 0 unspecified atom stereocenters. The van der Waals surface area contributed by atoms with Crippen LogP contribution in [0.15, 0.2) is 41.8 Å². The van der Waals surface area contributed by atoms with E-state index >= 15 is 0 Å². The third kappa shape index (κ3) is 3.84. The number of thiophene rings is 1. The van der Waals surface area contributed by atoms with Crippen LogP contribution in [0.5, 0.6) is 0 Å². The van der Waals surface area contributed by atoms with Crippen LogP contribution in [0.3, 0.4) is 0 Å². The van der Waals surface area contributed by atoms with E-state index in [4.69, 9.17) is 0 Å². The van der Waals surface area contributed by atoms with E-state index in [1.807, 2.05) is 51.6 Å². The number of hydrogen-bond acceptors (Lipinski definition) is 4. The standard InChI is InChI=1S/C22H27N3O2S/c1-2-9-23-10-12-24(13-11-23)21(26)15-19(20-8-5-14-28-20)25-16-17-6-3-4-7-18(17)22(25)27/h3-8,14,19H,2,9-13,15-16H2,1H3/t19-/m1/s1. The van der Waals surface area contributed by atoms with E-state index in [-0.39, 0.29) is 17.9 Å². The number of carbonyl (C=O) groups is 2. The van der Waals surface area contributed by atoms with Gasteiger partial charge < -0.3 is 9.80 Å². The Morgan fingerprint density at radius 1 is 1.11 bits per heavy atom. The molecule has 2 aliphatic rings. The van der Waals surface area contributed by atoms with Crippen LogP contribution < -0.4 is 0 Å². The smallest absolute Gasteiger partial charge is 0.255 e. The van der Waals surface area contributed by atoms with Gasteiger partial charge in [0.2, 0.25) is 5.91 Å². The van der Waals surface area contributed by atoms with Crippen LogP contribution in [-0.2, 0) is 11.3 Å². The van der Waals surface area contributed by atoms with Crippen LogP contribution in [-0.4, -0.2) is 59.2 Å². The molecule has 148 valence electrons. The fraction of sp³-hybridized carbons (Fsp3) is 0.455. The van der Waals surface area contributed by atoms with Gasteiger partial charge in [-0.05, 0) is 36.0 Å². The van der Waals surface area contributed by atoms with Crippen LogP contribution >= 0.6 is 11.3 Å². The summed E-state index contributed by atoms with van der Waals surface area (Å²) in [7, 11) is 0. The third-order valence-corrected chi connectivity index (χ3v) is 6.70. The quantitative estimate of drug-likeness (QED) is 0.751. The summed E-state index contributed by atoms with van der Waals surface area (Å²) in [6, 6.07) is 11.6. The fourth-order valence-corrected chi connectivity index (χ4v) is 5.04. The van der Waals surface area contributed by atoms with Gasteiger partial charge in [-0.25, -0.2) is 0 Å². The van der Waals surface area contributed by atoms with E-state index < -0.39 is 0 Å². The van der Waals surface area contributed by atoms with Gasteiger partial charge in [0.1, 0.15) is 0 Å². The molecule has 4 rings (SSSR count). The molecule has 2 aromatic rings. The molecule has 28 heavy (non-hydrogen) atoms. The van der Waals surface area contributed by atoms with Gasteiger partial charge in [0, 0.05) is 43.2 Å².